The molecule has 1 heterocycles. The standard InChI is InChI=1S/C15H12O2S/c16-9-8-10-4-3-6-12-14(17)11-5-1-2-7-13(11)18-15(10)12/h1-7,16H,8-9H2. The third-order valence-electron chi connectivity index (χ3n) is 3.07. The Kier molecular flexibility index (Phi) is 2.86. The second-order valence-corrected chi connectivity index (χ2v) is 5.25. The van der Waals surface area contributed by atoms with E-state index in [2.05, 4.69) is 0 Å². The van der Waals surface area contributed by atoms with Crippen LogP contribution in [0.25, 0.3) is 20.2 Å². The van der Waals surface area contributed by atoms with Gasteiger partial charge in [0, 0.05) is 26.8 Å². The van der Waals surface area contributed by atoms with Crippen LogP contribution in [0.4, 0.5) is 0 Å². The van der Waals surface area contributed by atoms with Gasteiger partial charge >= 0.3 is 0 Å². The summed E-state index contributed by atoms with van der Waals surface area (Å²) in [4.78, 5) is 12.4. The Labute approximate surface area is 108 Å². The molecule has 3 rings (SSSR count). The number of aliphatic hydroxyl groups excluding tert-OH is 1. The van der Waals surface area contributed by atoms with Crippen LogP contribution in [0.15, 0.2) is 47.3 Å². The van der Waals surface area contributed by atoms with Crippen LogP contribution < -0.4 is 5.43 Å². The minimum absolute atomic E-state index is 0.0825. The van der Waals surface area contributed by atoms with Crippen LogP contribution >= 0.6 is 11.3 Å². The molecule has 2 aromatic carbocycles. The van der Waals surface area contributed by atoms with Crippen molar-refractivity contribution in [2.45, 2.75) is 6.42 Å². The van der Waals surface area contributed by atoms with Gasteiger partial charge in [-0.3, -0.25) is 4.79 Å². The topological polar surface area (TPSA) is 37.3 Å². The van der Waals surface area contributed by atoms with Crippen molar-refractivity contribution < 1.29 is 5.11 Å². The zero-order valence-corrected chi connectivity index (χ0v) is 10.5. The summed E-state index contributed by atoms with van der Waals surface area (Å²) in [6.45, 7) is 0.104. The van der Waals surface area contributed by atoms with Gasteiger partial charge in [0.05, 0.1) is 0 Å². The SMILES string of the molecule is O=c1c2ccccc2sc2c(CCO)cccc12. The molecule has 0 fully saturated rings. The first-order valence-electron chi connectivity index (χ1n) is 5.85. The molecule has 0 bridgehead atoms. The Morgan fingerprint density at radius 2 is 1.78 bits per heavy atom. The van der Waals surface area contributed by atoms with Gasteiger partial charge in [0.25, 0.3) is 0 Å². The first-order chi connectivity index (χ1) is 8.81. The molecular formula is C15H12O2S. The predicted molar refractivity (Wildman–Crippen MR) is 76.4 cm³/mol. The average molecular weight is 256 g/mol. The van der Waals surface area contributed by atoms with Crippen LogP contribution in [0.5, 0.6) is 0 Å². The lowest BCUT2D eigenvalue weighted by molar-refractivity contribution is 0.300. The van der Waals surface area contributed by atoms with E-state index in [0.29, 0.717) is 6.42 Å². The van der Waals surface area contributed by atoms with E-state index in [4.69, 9.17) is 5.11 Å². The van der Waals surface area contributed by atoms with Gasteiger partial charge in [0.1, 0.15) is 0 Å². The first kappa shape index (κ1) is 11.4. The summed E-state index contributed by atoms with van der Waals surface area (Å²) in [5.41, 5.74) is 1.13. The van der Waals surface area contributed by atoms with Gasteiger partial charge in [-0.25, -0.2) is 0 Å². The molecule has 90 valence electrons. The first-order valence-corrected chi connectivity index (χ1v) is 6.67. The van der Waals surface area contributed by atoms with Crippen LogP contribution in [-0.2, 0) is 6.42 Å². The van der Waals surface area contributed by atoms with Crippen molar-refractivity contribution in [3.05, 3.63) is 58.3 Å². The molecule has 0 aliphatic carbocycles. The van der Waals surface area contributed by atoms with Crippen LogP contribution in [0.2, 0.25) is 0 Å². The van der Waals surface area contributed by atoms with Crippen molar-refractivity contribution in [1.82, 2.24) is 0 Å². The van der Waals surface area contributed by atoms with Gasteiger partial charge in [-0.2, -0.15) is 0 Å². The molecule has 18 heavy (non-hydrogen) atoms. The molecule has 0 spiro atoms. The molecular weight excluding hydrogens is 244 g/mol. The van der Waals surface area contributed by atoms with Crippen molar-refractivity contribution in [1.29, 1.82) is 0 Å². The van der Waals surface area contributed by atoms with Gasteiger partial charge in [0.2, 0.25) is 0 Å². The maximum atomic E-state index is 12.4. The maximum absolute atomic E-state index is 12.4. The number of hydrogen-bond acceptors (Lipinski definition) is 3. The van der Waals surface area contributed by atoms with Crippen molar-refractivity contribution in [3.8, 4) is 0 Å². The zero-order valence-electron chi connectivity index (χ0n) is 9.72. The molecule has 0 unspecified atom stereocenters. The number of rotatable bonds is 2. The fourth-order valence-electron chi connectivity index (χ4n) is 2.20. The third kappa shape index (κ3) is 1.72. The minimum Gasteiger partial charge on any atom is -0.396 e. The fourth-order valence-corrected chi connectivity index (χ4v) is 3.41. The molecule has 0 atom stereocenters. The Hall–Kier alpha value is -1.71. The van der Waals surface area contributed by atoms with Gasteiger partial charge < -0.3 is 5.11 Å². The number of benzene rings is 2. The van der Waals surface area contributed by atoms with E-state index in [9.17, 15) is 4.79 Å². The van der Waals surface area contributed by atoms with Gasteiger partial charge in [0.15, 0.2) is 5.43 Å². The smallest absolute Gasteiger partial charge is 0.195 e. The summed E-state index contributed by atoms with van der Waals surface area (Å²) in [5, 5.41) is 10.6. The van der Waals surface area contributed by atoms with E-state index >= 15 is 0 Å². The molecule has 3 heteroatoms. The third-order valence-corrected chi connectivity index (χ3v) is 4.33. The summed E-state index contributed by atoms with van der Waals surface area (Å²) >= 11 is 1.62. The van der Waals surface area contributed by atoms with Crippen LogP contribution in [0.3, 0.4) is 0 Å². The average Bonchev–Trinajstić information content (AvgIpc) is 2.40. The highest BCUT2D eigenvalue weighted by Crippen LogP contribution is 2.27. The minimum atomic E-state index is 0.0825. The van der Waals surface area contributed by atoms with Crippen molar-refractivity contribution in [2.24, 2.45) is 0 Å². The van der Waals surface area contributed by atoms with E-state index in [1.54, 1.807) is 11.3 Å². The van der Waals surface area contributed by atoms with Crippen molar-refractivity contribution in [3.63, 3.8) is 0 Å². The molecule has 0 saturated heterocycles. The molecule has 0 aliphatic heterocycles. The fraction of sp³-hybridized carbons (Fsp3) is 0.133. The summed E-state index contributed by atoms with van der Waals surface area (Å²) in [6, 6.07) is 13.4. The van der Waals surface area contributed by atoms with Gasteiger partial charge in [-0.1, -0.05) is 24.3 Å². The van der Waals surface area contributed by atoms with E-state index in [1.165, 1.54) is 0 Å². The molecule has 3 aromatic rings. The molecule has 0 radical (unpaired) electrons. The molecule has 0 saturated carbocycles. The van der Waals surface area contributed by atoms with Gasteiger partial charge in [-0.05, 0) is 30.2 Å². The van der Waals surface area contributed by atoms with Crippen LogP contribution in [-0.4, -0.2) is 11.7 Å². The van der Waals surface area contributed by atoms with E-state index < -0.39 is 0 Å². The van der Waals surface area contributed by atoms with Crippen LogP contribution in [0, 0.1) is 0 Å². The summed E-state index contributed by atoms with van der Waals surface area (Å²) in [7, 11) is 0. The molecule has 1 N–H and O–H groups in total. The van der Waals surface area contributed by atoms with Crippen molar-refractivity contribution in [2.75, 3.05) is 6.61 Å². The molecule has 2 nitrogen and oxygen atoms in total. The maximum Gasteiger partial charge on any atom is 0.195 e. The largest absolute Gasteiger partial charge is 0.396 e. The lowest BCUT2D eigenvalue weighted by Gasteiger charge is -2.05. The number of fused-ring (bicyclic) bond motifs is 2. The Morgan fingerprint density at radius 1 is 1.00 bits per heavy atom. The van der Waals surface area contributed by atoms with Crippen molar-refractivity contribution >= 4 is 31.5 Å². The predicted octanol–water partition coefficient (Wildman–Crippen LogP) is 2.95. The second-order valence-electron chi connectivity index (χ2n) is 4.19. The van der Waals surface area contributed by atoms with Gasteiger partial charge in [-0.15, -0.1) is 11.3 Å². The number of hydrogen-bond donors (Lipinski definition) is 1. The lowest BCUT2D eigenvalue weighted by atomic mass is 10.1. The van der Waals surface area contributed by atoms with E-state index in [-0.39, 0.29) is 12.0 Å². The summed E-state index contributed by atoms with van der Waals surface area (Å²) in [6.07, 6.45) is 0.589. The Balaban J connectivity index is 2.47. The van der Waals surface area contributed by atoms with E-state index in [1.807, 2.05) is 42.5 Å². The zero-order chi connectivity index (χ0) is 12.5. The molecule has 0 amide bonds. The Bertz CT molecular complexity index is 774. The normalized spacial score (nSPS) is 11.2. The van der Waals surface area contributed by atoms with Crippen LogP contribution in [0.1, 0.15) is 5.56 Å². The van der Waals surface area contributed by atoms with E-state index in [0.717, 1.165) is 25.7 Å². The molecule has 1 aromatic heterocycles. The Morgan fingerprint density at radius 3 is 2.61 bits per heavy atom. The second kappa shape index (κ2) is 4.52. The summed E-state index contributed by atoms with van der Waals surface area (Å²) < 4.78 is 2.00. The highest BCUT2D eigenvalue weighted by atomic mass is 32.1. The highest BCUT2D eigenvalue weighted by molar-refractivity contribution is 7.24. The summed E-state index contributed by atoms with van der Waals surface area (Å²) in [5.74, 6) is 0. The molecule has 0 aliphatic rings. The number of aliphatic hydroxyl groups is 1. The quantitative estimate of drug-likeness (QED) is 0.716. The highest BCUT2D eigenvalue weighted by Gasteiger charge is 2.08. The lowest BCUT2D eigenvalue weighted by Crippen LogP contribution is -2.02. The monoisotopic (exact) mass is 256 g/mol.